The first kappa shape index (κ1) is 12.6. The number of ketones is 1. The molecule has 0 bridgehead atoms. The molecule has 2 heteroatoms. The van der Waals surface area contributed by atoms with Crippen LogP contribution in [0.1, 0.15) is 20.3 Å². The molecule has 0 unspecified atom stereocenters. The van der Waals surface area contributed by atoms with Crippen molar-refractivity contribution >= 4 is 5.78 Å². The normalized spacial score (nSPS) is 11.8. The highest BCUT2D eigenvalue weighted by atomic mass is 19.1. The zero-order valence-corrected chi connectivity index (χ0v) is 8.64. The van der Waals surface area contributed by atoms with Crippen LogP contribution in [0.25, 0.3) is 0 Å². The summed E-state index contributed by atoms with van der Waals surface area (Å²) in [6.07, 6.45) is 4.94. The Morgan fingerprint density at radius 2 is 1.86 bits per heavy atom. The molecular weight excluding hydrogens is 179 g/mol. The predicted molar refractivity (Wildman–Crippen MR) is 57.6 cm³/mol. The van der Waals surface area contributed by atoms with Gasteiger partial charge in [0.15, 0.2) is 0 Å². The van der Waals surface area contributed by atoms with E-state index < -0.39 is 5.83 Å². The highest BCUT2D eigenvalue weighted by Crippen LogP contribution is 2.10. The van der Waals surface area contributed by atoms with Crippen LogP contribution >= 0.6 is 0 Å². The molecule has 0 aliphatic carbocycles. The molecule has 1 nitrogen and oxygen atoms in total. The highest BCUT2D eigenvalue weighted by molar-refractivity contribution is 5.77. The fraction of sp³-hybridized carbons (Fsp3) is 0.250. The van der Waals surface area contributed by atoms with E-state index in [1.807, 2.05) is 6.92 Å². The molecular formula is C12H15FO. The third kappa shape index (κ3) is 6.12. The van der Waals surface area contributed by atoms with Gasteiger partial charge in [0.25, 0.3) is 0 Å². The number of hydrogen-bond donors (Lipinski definition) is 0. The van der Waals surface area contributed by atoms with Gasteiger partial charge in [-0.2, -0.15) is 0 Å². The summed E-state index contributed by atoms with van der Waals surface area (Å²) >= 11 is 0. The molecule has 0 aromatic rings. The summed E-state index contributed by atoms with van der Waals surface area (Å²) < 4.78 is 12.2. The molecule has 0 aliphatic heterocycles. The van der Waals surface area contributed by atoms with Crippen molar-refractivity contribution in [2.75, 3.05) is 0 Å². The zero-order valence-electron chi connectivity index (χ0n) is 8.64. The van der Waals surface area contributed by atoms with E-state index in [1.165, 1.54) is 19.1 Å². The average Bonchev–Trinajstić information content (AvgIpc) is 2.09. The summed E-state index contributed by atoms with van der Waals surface area (Å²) in [5.41, 5.74) is 1.56. The van der Waals surface area contributed by atoms with Gasteiger partial charge in [-0.05, 0) is 31.1 Å². The van der Waals surface area contributed by atoms with Gasteiger partial charge in [-0.3, -0.25) is 4.79 Å². The number of Topliss-reactive ketones (excluding diaryl/α,β-unsaturated/α-hetero) is 1. The van der Waals surface area contributed by atoms with Gasteiger partial charge in [0.1, 0.15) is 11.6 Å². The van der Waals surface area contributed by atoms with Crippen LogP contribution in [0.15, 0.2) is 48.4 Å². The minimum absolute atomic E-state index is 0.0935. The van der Waals surface area contributed by atoms with Gasteiger partial charge in [-0.25, -0.2) is 4.39 Å². The SMILES string of the molecule is C=C(F)/C=C\C(=C)/C(C)=C/CC(C)=O. The molecule has 0 radical (unpaired) electrons. The number of hydrogen-bond acceptors (Lipinski definition) is 1. The predicted octanol–water partition coefficient (Wildman–Crippen LogP) is 3.51. The van der Waals surface area contributed by atoms with Gasteiger partial charge in [-0.1, -0.05) is 25.3 Å². The lowest BCUT2D eigenvalue weighted by atomic mass is 10.1. The second-order valence-corrected chi connectivity index (χ2v) is 3.10. The van der Waals surface area contributed by atoms with Gasteiger partial charge in [0.2, 0.25) is 0 Å². The lowest BCUT2D eigenvalue weighted by molar-refractivity contribution is -0.116. The van der Waals surface area contributed by atoms with Crippen LogP contribution in [0.2, 0.25) is 0 Å². The second-order valence-electron chi connectivity index (χ2n) is 3.10. The molecule has 76 valence electrons. The molecule has 14 heavy (non-hydrogen) atoms. The zero-order chi connectivity index (χ0) is 11.1. The third-order valence-corrected chi connectivity index (χ3v) is 1.67. The Balaban J connectivity index is 4.32. The van der Waals surface area contributed by atoms with Crippen molar-refractivity contribution < 1.29 is 9.18 Å². The largest absolute Gasteiger partial charge is 0.300 e. The Hall–Kier alpha value is -1.44. The van der Waals surface area contributed by atoms with E-state index in [0.717, 1.165) is 5.57 Å². The first-order chi connectivity index (χ1) is 6.43. The van der Waals surface area contributed by atoms with Gasteiger partial charge < -0.3 is 0 Å². The summed E-state index contributed by atoms with van der Waals surface area (Å²) in [5.74, 6) is -0.415. The first-order valence-corrected chi connectivity index (χ1v) is 4.31. The fourth-order valence-electron chi connectivity index (χ4n) is 0.750. The van der Waals surface area contributed by atoms with Crippen LogP contribution in [0, 0.1) is 0 Å². The maximum absolute atomic E-state index is 12.2. The van der Waals surface area contributed by atoms with E-state index in [0.29, 0.717) is 12.0 Å². The van der Waals surface area contributed by atoms with E-state index in [-0.39, 0.29) is 5.78 Å². The van der Waals surface area contributed by atoms with E-state index in [2.05, 4.69) is 13.2 Å². The highest BCUT2D eigenvalue weighted by Gasteiger charge is 1.94. The van der Waals surface area contributed by atoms with Crippen LogP contribution in [0.3, 0.4) is 0 Å². The minimum atomic E-state index is -0.509. The number of allylic oxidation sites excluding steroid dienone is 6. The van der Waals surface area contributed by atoms with Crippen LogP contribution in [-0.2, 0) is 4.79 Å². The van der Waals surface area contributed by atoms with Crippen LogP contribution in [0.4, 0.5) is 4.39 Å². The summed E-state index contributed by atoms with van der Waals surface area (Å²) in [6, 6.07) is 0. The number of halogens is 1. The lowest BCUT2D eigenvalue weighted by Crippen LogP contribution is -1.87. The Morgan fingerprint density at radius 1 is 1.29 bits per heavy atom. The second kappa shape index (κ2) is 6.08. The van der Waals surface area contributed by atoms with Crippen LogP contribution in [0.5, 0.6) is 0 Å². The molecule has 0 saturated carbocycles. The number of carbonyl (C=O) groups excluding carboxylic acids is 1. The fourth-order valence-corrected chi connectivity index (χ4v) is 0.750. The van der Waals surface area contributed by atoms with Crippen molar-refractivity contribution in [3.8, 4) is 0 Å². The first-order valence-electron chi connectivity index (χ1n) is 4.31. The Kier molecular flexibility index (Phi) is 5.46. The maximum atomic E-state index is 12.2. The summed E-state index contributed by atoms with van der Waals surface area (Å²) in [5, 5.41) is 0. The Labute approximate surface area is 84.3 Å². The summed E-state index contributed by atoms with van der Waals surface area (Å²) in [6.45, 7) is 10.2. The Bertz CT molecular complexity index is 308. The van der Waals surface area contributed by atoms with E-state index in [4.69, 9.17) is 0 Å². The average molecular weight is 194 g/mol. The van der Waals surface area contributed by atoms with Crippen LogP contribution in [-0.4, -0.2) is 5.78 Å². The molecule has 0 spiro atoms. The minimum Gasteiger partial charge on any atom is -0.300 e. The summed E-state index contributed by atoms with van der Waals surface area (Å²) in [7, 11) is 0. The molecule has 0 rings (SSSR count). The van der Waals surface area contributed by atoms with Crippen LogP contribution < -0.4 is 0 Å². The van der Waals surface area contributed by atoms with Crippen molar-refractivity contribution in [2.45, 2.75) is 20.3 Å². The molecule has 0 fully saturated rings. The molecule has 0 saturated heterocycles. The van der Waals surface area contributed by atoms with Crippen molar-refractivity contribution in [2.24, 2.45) is 0 Å². The van der Waals surface area contributed by atoms with Crippen molar-refractivity contribution in [3.63, 3.8) is 0 Å². The van der Waals surface area contributed by atoms with Crippen molar-refractivity contribution in [1.29, 1.82) is 0 Å². The molecule has 0 aliphatic rings. The molecule has 0 atom stereocenters. The molecule has 0 aromatic heterocycles. The van der Waals surface area contributed by atoms with E-state index >= 15 is 0 Å². The molecule has 0 aromatic carbocycles. The van der Waals surface area contributed by atoms with E-state index in [1.54, 1.807) is 6.08 Å². The number of carbonyl (C=O) groups is 1. The molecule has 0 heterocycles. The molecule has 0 N–H and O–H groups in total. The van der Waals surface area contributed by atoms with Gasteiger partial charge in [0.05, 0.1) is 0 Å². The smallest absolute Gasteiger partial charge is 0.133 e. The summed E-state index contributed by atoms with van der Waals surface area (Å²) in [4.78, 5) is 10.7. The monoisotopic (exact) mass is 194 g/mol. The maximum Gasteiger partial charge on any atom is 0.133 e. The van der Waals surface area contributed by atoms with Gasteiger partial charge >= 0.3 is 0 Å². The van der Waals surface area contributed by atoms with Crippen molar-refractivity contribution in [1.82, 2.24) is 0 Å². The van der Waals surface area contributed by atoms with Gasteiger partial charge in [0, 0.05) is 6.42 Å². The lowest BCUT2D eigenvalue weighted by Gasteiger charge is -1.98. The number of rotatable bonds is 5. The molecule has 0 amide bonds. The topological polar surface area (TPSA) is 17.1 Å². The van der Waals surface area contributed by atoms with E-state index in [9.17, 15) is 9.18 Å². The van der Waals surface area contributed by atoms with Crippen molar-refractivity contribution in [3.05, 3.63) is 48.4 Å². The quantitative estimate of drug-likeness (QED) is 0.612. The standard InChI is InChI=1S/C12H15FO/c1-9(5-7-11(3)13)10(2)6-8-12(4)14/h5-7H,1,3,8H2,2,4H3/b7-5-,10-6+. The van der Waals surface area contributed by atoms with Gasteiger partial charge in [-0.15, -0.1) is 0 Å². The third-order valence-electron chi connectivity index (χ3n) is 1.67. The Morgan fingerprint density at radius 3 is 2.29 bits per heavy atom.